The van der Waals surface area contributed by atoms with Gasteiger partial charge in [0.25, 0.3) is 0 Å². The van der Waals surface area contributed by atoms with Crippen molar-refractivity contribution in [2.45, 2.75) is 335 Å². The van der Waals surface area contributed by atoms with E-state index in [1.807, 2.05) is 0 Å². The molecule has 10 heteroatoms. The van der Waals surface area contributed by atoms with E-state index in [1.165, 1.54) is 212 Å². The molecule has 0 aliphatic heterocycles. The zero-order valence-electron chi connectivity index (χ0n) is 53.5. The van der Waals surface area contributed by atoms with E-state index < -0.39 is 26.5 Å². The van der Waals surface area contributed by atoms with Crippen LogP contribution in [-0.2, 0) is 32.7 Å². The Balaban J connectivity index is 3.84. The Bertz CT molecular complexity index is 1620. The van der Waals surface area contributed by atoms with Crippen molar-refractivity contribution in [3.8, 4) is 0 Å². The first-order chi connectivity index (χ1) is 40.3. The molecule has 2 unspecified atom stereocenters. The Morgan fingerprint density at radius 3 is 1.00 bits per heavy atom. The highest BCUT2D eigenvalue weighted by Crippen LogP contribution is 2.43. The molecule has 0 rings (SSSR count). The quantitative estimate of drug-likeness (QED) is 0.0264. The van der Waals surface area contributed by atoms with Gasteiger partial charge in [0.2, 0.25) is 0 Å². The highest BCUT2D eigenvalue weighted by Gasteiger charge is 2.26. The minimum Gasteiger partial charge on any atom is -0.462 e. The van der Waals surface area contributed by atoms with Crippen LogP contribution in [0.1, 0.15) is 328 Å². The summed E-state index contributed by atoms with van der Waals surface area (Å²) in [6.45, 7) is 3.68. The van der Waals surface area contributed by atoms with Gasteiger partial charge in [-0.25, -0.2) is 4.57 Å². The van der Waals surface area contributed by atoms with Gasteiger partial charge in [-0.2, -0.15) is 0 Å². The van der Waals surface area contributed by atoms with Gasteiger partial charge in [0, 0.05) is 19.4 Å². The largest absolute Gasteiger partial charge is 0.472 e. The predicted octanol–water partition coefficient (Wildman–Crippen LogP) is 22.6. The van der Waals surface area contributed by atoms with Crippen molar-refractivity contribution in [3.63, 3.8) is 0 Å². The summed E-state index contributed by atoms with van der Waals surface area (Å²) in [6.07, 6.45) is 89.6. The van der Waals surface area contributed by atoms with E-state index in [4.69, 9.17) is 24.3 Å². The molecule has 3 N–H and O–H groups in total. The third-order valence-electron chi connectivity index (χ3n) is 15.0. The molecule has 0 heterocycles. The lowest BCUT2D eigenvalue weighted by Gasteiger charge is -2.19. The summed E-state index contributed by atoms with van der Waals surface area (Å²) in [6, 6.07) is 0. The average Bonchev–Trinajstić information content (AvgIpc) is 3.48. The van der Waals surface area contributed by atoms with Crippen LogP contribution < -0.4 is 5.73 Å². The van der Waals surface area contributed by atoms with Crippen molar-refractivity contribution < 1.29 is 37.6 Å². The Morgan fingerprint density at radius 2 is 0.671 bits per heavy atom. The van der Waals surface area contributed by atoms with Crippen LogP contribution in [0.25, 0.3) is 0 Å². The summed E-state index contributed by atoms with van der Waals surface area (Å²) < 4.78 is 33.2. The lowest BCUT2D eigenvalue weighted by Crippen LogP contribution is -2.29. The van der Waals surface area contributed by atoms with Crippen molar-refractivity contribution in [1.29, 1.82) is 0 Å². The lowest BCUT2D eigenvalue weighted by molar-refractivity contribution is -0.161. The van der Waals surface area contributed by atoms with Crippen molar-refractivity contribution in [1.82, 2.24) is 0 Å². The van der Waals surface area contributed by atoms with E-state index in [-0.39, 0.29) is 38.6 Å². The Labute approximate surface area is 506 Å². The van der Waals surface area contributed by atoms with Crippen LogP contribution in [0, 0.1) is 0 Å². The van der Waals surface area contributed by atoms with E-state index in [0.717, 1.165) is 83.5 Å². The maximum Gasteiger partial charge on any atom is 0.472 e. The molecular formula is C72H130NO8P. The molecule has 0 saturated heterocycles. The molecule has 0 saturated carbocycles. The first-order valence-corrected chi connectivity index (χ1v) is 36.1. The van der Waals surface area contributed by atoms with Gasteiger partial charge in [0.15, 0.2) is 6.10 Å². The summed E-state index contributed by atoms with van der Waals surface area (Å²) >= 11 is 0. The first-order valence-electron chi connectivity index (χ1n) is 34.6. The average molecular weight is 1170 g/mol. The number of ether oxygens (including phenoxy) is 2. The van der Waals surface area contributed by atoms with Gasteiger partial charge in [-0.15, -0.1) is 0 Å². The van der Waals surface area contributed by atoms with Gasteiger partial charge in [-0.1, -0.05) is 330 Å². The minimum atomic E-state index is -4.39. The molecule has 0 bridgehead atoms. The number of nitrogens with two attached hydrogens (primary N) is 1. The van der Waals surface area contributed by atoms with Crippen LogP contribution in [0.3, 0.4) is 0 Å². The number of phosphoric ester groups is 1. The van der Waals surface area contributed by atoms with E-state index in [9.17, 15) is 19.0 Å². The van der Waals surface area contributed by atoms with Crippen LogP contribution >= 0.6 is 7.82 Å². The summed E-state index contributed by atoms with van der Waals surface area (Å²) in [4.78, 5) is 35.3. The normalized spacial score (nSPS) is 13.5. The SMILES string of the molecule is CC/C=C\C/C=C\C/C=C\C/C=C\C/C=C\C/C=C\C/C=C\CCCCCCCCCCCCCCCCCCCC(=O)OC(COC(=O)CCCCCCCCCCCCCCCCCCCCCCCC)COP(=O)(O)OCCN. The van der Waals surface area contributed by atoms with Crippen molar-refractivity contribution >= 4 is 19.8 Å². The fourth-order valence-corrected chi connectivity index (χ4v) is 10.7. The van der Waals surface area contributed by atoms with Gasteiger partial charge < -0.3 is 20.1 Å². The molecule has 0 aromatic rings. The van der Waals surface area contributed by atoms with Gasteiger partial charge >= 0.3 is 19.8 Å². The molecule has 0 radical (unpaired) electrons. The lowest BCUT2D eigenvalue weighted by atomic mass is 10.0. The molecule has 476 valence electrons. The summed E-state index contributed by atoms with van der Waals surface area (Å²) in [5.41, 5.74) is 5.40. The van der Waals surface area contributed by atoms with E-state index >= 15 is 0 Å². The number of allylic oxidation sites excluding steroid dienone is 14. The minimum absolute atomic E-state index is 0.0537. The summed E-state index contributed by atoms with van der Waals surface area (Å²) in [7, 11) is -4.39. The molecule has 0 fully saturated rings. The van der Waals surface area contributed by atoms with Crippen LogP contribution in [0.2, 0.25) is 0 Å². The Kier molecular flexibility index (Phi) is 65.0. The fraction of sp³-hybridized carbons (Fsp3) is 0.778. The Hall–Kier alpha value is -2.81. The number of carbonyl (C=O) groups is 2. The van der Waals surface area contributed by atoms with E-state index in [2.05, 4.69) is 98.9 Å². The number of rotatable bonds is 65. The maximum atomic E-state index is 12.8. The number of hydrogen-bond acceptors (Lipinski definition) is 8. The number of carbonyl (C=O) groups excluding carboxylic acids is 2. The second-order valence-electron chi connectivity index (χ2n) is 23.0. The van der Waals surface area contributed by atoms with Crippen LogP contribution in [0.5, 0.6) is 0 Å². The molecule has 0 aromatic heterocycles. The number of esters is 2. The maximum absolute atomic E-state index is 12.8. The van der Waals surface area contributed by atoms with E-state index in [1.54, 1.807) is 0 Å². The van der Waals surface area contributed by atoms with Gasteiger partial charge in [-0.3, -0.25) is 18.6 Å². The standard InChI is InChI=1S/C72H130NO8P/c1-3-5-7-9-11-13-15-17-19-21-23-25-27-28-29-30-31-32-33-34-35-36-37-38-39-40-41-42-43-45-47-49-51-53-55-57-59-61-63-65-72(75)81-70(69-80-82(76,77)79-67-66-73)68-78-71(74)64-62-60-58-56-54-52-50-48-46-44-26-24-22-20-18-16-14-12-10-8-6-4-2/h5,7,11,13,17,19,23,25,28-29,31-32,34-35,70H,3-4,6,8-10,12,14-16,18,20-22,24,26-27,30,33,36-69,73H2,1-2H3,(H,76,77)/b7-5-,13-11-,19-17-,25-23-,29-28-,32-31-,35-34-. The molecule has 82 heavy (non-hydrogen) atoms. The Morgan fingerprint density at radius 1 is 0.378 bits per heavy atom. The van der Waals surface area contributed by atoms with Crippen LogP contribution in [0.4, 0.5) is 0 Å². The molecule has 2 atom stereocenters. The second-order valence-corrected chi connectivity index (χ2v) is 24.5. The number of hydrogen-bond donors (Lipinski definition) is 2. The second kappa shape index (κ2) is 67.3. The van der Waals surface area contributed by atoms with Crippen molar-refractivity contribution in [2.24, 2.45) is 5.73 Å². The topological polar surface area (TPSA) is 134 Å². The summed E-state index contributed by atoms with van der Waals surface area (Å²) in [5.74, 6) is -0.812. The fourth-order valence-electron chi connectivity index (χ4n) is 9.97. The molecule has 0 amide bonds. The molecule has 0 aliphatic rings. The monoisotopic (exact) mass is 1170 g/mol. The predicted molar refractivity (Wildman–Crippen MR) is 353 cm³/mol. The van der Waals surface area contributed by atoms with Gasteiger partial charge in [0.05, 0.1) is 13.2 Å². The smallest absolute Gasteiger partial charge is 0.462 e. The van der Waals surface area contributed by atoms with Crippen molar-refractivity contribution in [3.05, 3.63) is 85.1 Å². The van der Waals surface area contributed by atoms with E-state index in [0.29, 0.717) is 6.42 Å². The molecule has 0 aromatic carbocycles. The third kappa shape index (κ3) is 66.3. The third-order valence-corrected chi connectivity index (χ3v) is 16.0. The van der Waals surface area contributed by atoms with Gasteiger partial charge in [-0.05, 0) is 70.6 Å². The van der Waals surface area contributed by atoms with Crippen molar-refractivity contribution in [2.75, 3.05) is 26.4 Å². The van der Waals surface area contributed by atoms with Crippen LogP contribution in [-0.4, -0.2) is 49.3 Å². The molecule has 9 nitrogen and oxygen atoms in total. The van der Waals surface area contributed by atoms with Gasteiger partial charge in [0.1, 0.15) is 6.61 Å². The first kappa shape index (κ1) is 79.2. The molecule has 0 spiro atoms. The summed E-state index contributed by atoms with van der Waals surface area (Å²) in [5, 5.41) is 0. The zero-order valence-corrected chi connectivity index (χ0v) is 54.4. The van der Waals surface area contributed by atoms with Crippen LogP contribution in [0.15, 0.2) is 85.1 Å². The highest BCUT2D eigenvalue weighted by molar-refractivity contribution is 7.47. The number of unbranched alkanes of at least 4 members (excludes halogenated alkanes) is 38. The number of phosphoric acid groups is 1. The molecular weight excluding hydrogens is 1040 g/mol. The molecule has 0 aliphatic carbocycles. The zero-order chi connectivity index (χ0) is 59.4. The highest BCUT2D eigenvalue weighted by atomic mass is 31.2.